The van der Waals surface area contributed by atoms with Crippen molar-refractivity contribution in [3.05, 3.63) is 157 Å². The van der Waals surface area contributed by atoms with E-state index in [1.54, 1.807) is 60.7 Å². The summed E-state index contributed by atoms with van der Waals surface area (Å²) in [6, 6.07) is 24.0. The molecule has 1 saturated heterocycles. The van der Waals surface area contributed by atoms with E-state index in [2.05, 4.69) is 5.43 Å². The van der Waals surface area contributed by atoms with Crippen LogP contribution in [0.4, 0.5) is 10.1 Å². The van der Waals surface area contributed by atoms with Gasteiger partial charge in [-0.05, 0) is 83.8 Å². The fourth-order valence-electron chi connectivity index (χ4n) is 7.81. The number of phenols is 1. The van der Waals surface area contributed by atoms with Gasteiger partial charge in [-0.25, -0.2) is 27.9 Å². The molecule has 49 heavy (non-hydrogen) atoms. The third-order valence-corrected chi connectivity index (χ3v) is 10.4. The molecule has 4 unspecified atom stereocenters. The molecule has 5 aromatic rings. The van der Waals surface area contributed by atoms with Crippen LogP contribution < -0.4 is 16.8 Å². The molecule has 3 heterocycles. The number of anilines is 1. The number of nitrogens with one attached hydrogen (secondary N) is 1. The van der Waals surface area contributed by atoms with Crippen molar-refractivity contribution in [1.82, 2.24) is 18.9 Å². The van der Waals surface area contributed by atoms with E-state index in [1.165, 1.54) is 45.8 Å². The Morgan fingerprint density at radius 3 is 2.27 bits per heavy atom. The molecular weight excluding hydrogens is 672 g/mol. The van der Waals surface area contributed by atoms with Gasteiger partial charge in [0.05, 0.1) is 35.3 Å². The fourth-order valence-corrected chi connectivity index (χ4v) is 8.22. The lowest BCUT2D eigenvalue weighted by molar-refractivity contribution is -0.138. The number of hydrogen-bond donors (Lipinski definition) is 2. The van der Waals surface area contributed by atoms with E-state index in [0.29, 0.717) is 33.1 Å². The Hall–Kier alpha value is -5.39. The number of imide groups is 1. The minimum atomic E-state index is -1.62. The molecule has 1 aromatic heterocycles. The number of rotatable bonds is 5. The Labute approximate surface area is 287 Å². The number of hydrazine groups is 1. The van der Waals surface area contributed by atoms with E-state index in [1.807, 2.05) is 6.08 Å². The number of halogens is 3. The molecule has 2 N–H and O–H groups in total. The standard InChI is InChI=1S/C36H26Cl2FN5O5/c37-21-8-6-20(7-9-21)36-28(32(46)43(33(36)47)40-23-12-10-22(39)11-13-23)19-30-27(31(36)26-15-14-25(45)18-29(26)38)16-17-41-34(48)42(35(49)44(30)41)24-4-2-1-3-5-24/h1-16,18,28,30-31,40,45H,17,19H2. The highest BCUT2D eigenvalue weighted by Crippen LogP contribution is 2.62. The van der Waals surface area contributed by atoms with E-state index in [-0.39, 0.29) is 23.7 Å². The molecule has 0 bridgehead atoms. The highest BCUT2D eigenvalue weighted by molar-refractivity contribution is 6.32. The number of fused-ring (bicyclic) bond motifs is 4. The lowest BCUT2D eigenvalue weighted by atomic mass is 9.53. The van der Waals surface area contributed by atoms with Gasteiger partial charge in [-0.2, -0.15) is 5.01 Å². The number of nitrogens with zero attached hydrogens (tertiary/aromatic N) is 4. The molecule has 13 heteroatoms. The van der Waals surface area contributed by atoms with E-state index in [0.717, 1.165) is 9.58 Å². The molecule has 10 nitrogen and oxygen atoms in total. The number of carbonyl (C=O) groups excluding carboxylic acids is 2. The third kappa shape index (κ3) is 4.53. The van der Waals surface area contributed by atoms with Gasteiger partial charge in [0, 0.05) is 16.0 Å². The summed E-state index contributed by atoms with van der Waals surface area (Å²) in [4.78, 5) is 57.7. The fraction of sp³-hybridized carbons (Fsp3) is 0.167. The summed E-state index contributed by atoms with van der Waals surface area (Å²) in [6.07, 6.45) is 1.79. The van der Waals surface area contributed by atoms with Crippen molar-refractivity contribution in [1.29, 1.82) is 0 Å². The molecule has 2 fully saturated rings. The van der Waals surface area contributed by atoms with Crippen LogP contribution in [0.1, 0.15) is 29.5 Å². The number of para-hydroxylation sites is 1. The molecule has 2 amide bonds. The minimum Gasteiger partial charge on any atom is -0.508 e. The molecule has 4 atom stereocenters. The smallest absolute Gasteiger partial charge is 0.352 e. The number of aromatic hydroxyl groups is 1. The zero-order valence-corrected chi connectivity index (χ0v) is 27.0. The number of hydrogen-bond acceptors (Lipinski definition) is 6. The molecule has 246 valence electrons. The monoisotopic (exact) mass is 697 g/mol. The second-order valence-corrected chi connectivity index (χ2v) is 13.1. The van der Waals surface area contributed by atoms with E-state index in [4.69, 9.17) is 23.2 Å². The van der Waals surface area contributed by atoms with Gasteiger partial charge in [-0.3, -0.25) is 15.0 Å². The summed E-state index contributed by atoms with van der Waals surface area (Å²) < 4.78 is 17.6. The van der Waals surface area contributed by atoms with Crippen molar-refractivity contribution in [2.24, 2.45) is 5.92 Å². The van der Waals surface area contributed by atoms with Crippen molar-refractivity contribution in [2.45, 2.75) is 30.3 Å². The summed E-state index contributed by atoms with van der Waals surface area (Å²) in [5, 5.41) is 11.8. The highest BCUT2D eigenvalue weighted by Gasteiger charge is 2.69. The maximum absolute atomic E-state index is 15.1. The second kappa shape index (κ2) is 11.4. The van der Waals surface area contributed by atoms with Gasteiger partial charge in [-0.1, -0.05) is 65.7 Å². The number of phenolic OH excluding ortho intramolecular Hbond substituents is 1. The number of amides is 2. The average Bonchev–Trinajstić information content (AvgIpc) is 3.47. The second-order valence-electron chi connectivity index (χ2n) is 12.3. The predicted molar refractivity (Wildman–Crippen MR) is 180 cm³/mol. The molecule has 0 radical (unpaired) electrons. The molecule has 1 aliphatic carbocycles. The van der Waals surface area contributed by atoms with Gasteiger partial charge in [0.25, 0.3) is 11.8 Å². The van der Waals surface area contributed by atoms with Crippen LogP contribution in [0, 0.1) is 11.7 Å². The van der Waals surface area contributed by atoms with Gasteiger partial charge in [0.2, 0.25) is 0 Å². The summed E-state index contributed by atoms with van der Waals surface area (Å²) in [5.41, 5.74) is 2.34. The van der Waals surface area contributed by atoms with Gasteiger partial charge in [-0.15, -0.1) is 0 Å². The first kappa shape index (κ1) is 30.9. The van der Waals surface area contributed by atoms with Crippen LogP contribution in [-0.2, 0) is 21.5 Å². The Morgan fingerprint density at radius 2 is 1.57 bits per heavy atom. The van der Waals surface area contributed by atoms with Crippen molar-refractivity contribution >= 4 is 40.7 Å². The first-order valence-electron chi connectivity index (χ1n) is 15.5. The third-order valence-electron chi connectivity index (χ3n) is 9.83. The maximum atomic E-state index is 15.1. The van der Waals surface area contributed by atoms with Gasteiger partial charge in [0.15, 0.2) is 0 Å². The minimum absolute atomic E-state index is 0.00693. The molecule has 4 aromatic carbocycles. The Bertz CT molecular complexity index is 2320. The summed E-state index contributed by atoms with van der Waals surface area (Å²) >= 11 is 13.2. The Kier molecular flexibility index (Phi) is 7.16. The summed E-state index contributed by atoms with van der Waals surface area (Å²) in [5.74, 6) is -3.81. The lowest BCUT2D eigenvalue weighted by Gasteiger charge is -2.49. The van der Waals surface area contributed by atoms with Crippen molar-refractivity contribution in [3.63, 3.8) is 0 Å². The van der Waals surface area contributed by atoms with Crippen LogP contribution in [0.3, 0.4) is 0 Å². The average molecular weight is 699 g/mol. The first-order valence-corrected chi connectivity index (χ1v) is 16.2. The van der Waals surface area contributed by atoms with Gasteiger partial charge < -0.3 is 5.11 Å². The number of benzene rings is 4. The largest absolute Gasteiger partial charge is 0.508 e. The van der Waals surface area contributed by atoms with Crippen LogP contribution in [0.15, 0.2) is 118 Å². The SMILES string of the molecule is O=C1C2CC3C(=CCn4c(=O)n(-c5ccccc5)c(=O)n43)C(c3ccc(O)cc3Cl)C2(c2ccc(Cl)cc2)C(=O)N1Nc1ccc(F)cc1. The predicted octanol–water partition coefficient (Wildman–Crippen LogP) is 5.57. The van der Waals surface area contributed by atoms with Crippen LogP contribution in [0.25, 0.3) is 5.69 Å². The van der Waals surface area contributed by atoms with Crippen LogP contribution >= 0.6 is 23.2 Å². The maximum Gasteiger partial charge on any atom is 0.352 e. The van der Waals surface area contributed by atoms with Crippen LogP contribution in [-0.4, -0.2) is 35.9 Å². The first-order chi connectivity index (χ1) is 23.6. The summed E-state index contributed by atoms with van der Waals surface area (Å²) in [7, 11) is 0. The zero-order chi connectivity index (χ0) is 34.2. The normalized spacial score (nSPS) is 22.7. The molecule has 3 aliphatic rings. The number of aromatic nitrogens is 3. The van der Waals surface area contributed by atoms with E-state index >= 15 is 4.79 Å². The van der Waals surface area contributed by atoms with E-state index < -0.39 is 52.3 Å². The van der Waals surface area contributed by atoms with Crippen LogP contribution in [0.2, 0.25) is 10.0 Å². The van der Waals surface area contributed by atoms with E-state index in [9.17, 15) is 23.9 Å². The van der Waals surface area contributed by atoms with Gasteiger partial charge >= 0.3 is 11.4 Å². The number of carbonyl (C=O) groups is 2. The molecule has 1 saturated carbocycles. The van der Waals surface area contributed by atoms with Crippen LogP contribution in [0.5, 0.6) is 5.75 Å². The van der Waals surface area contributed by atoms with Crippen molar-refractivity contribution in [2.75, 3.05) is 5.43 Å². The van der Waals surface area contributed by atoms with Crippen molar-refractivity contribution in [3.8, 4) is 11.4 Å². The highest BCUT2D eigenvalue weighted by atomic mass is 35.5. The zero-order valence-electron chi connectivity index (χ0n) is 25.5. The summed E-state index contributed by atoms with van der Waals surface area (Å²) in [6.45, 7) is 0.00693. The molecule has 0 spiro atoms. The Morgan fingerprint density at radius 1 is 0.857 bits per heavy atom. The lowest BCUT2D eigenvalue weighted by Crippen LogP contribution is -2.53. The molecular formula is C36H26Cl2FN5O5. The van der Waals surface area contributed by atoms with Gasteiger partial charge in [0.1, 0.15) is 11.6 Å². The quantitative estimate of drug-likeness (QED) is 0.183. The Balaban J connectivity index is 1.39. The topological polar surface area (TPSA) is 119 Å². The van der Waals surface area contributed by atoms with Crippen molar-refractivity contribution < 1.29 is 19.1 Å². The molecule has 8 rings (SSSR count). The number of allylic oxidation sites excluding steroid dienone is 2. The molecule has 2 aliphatic heterocycles.